The van der Waals surface area contributed by atoms with Crippen LogP contribution >= 0.6 is 23.4 Å². The molecule has 0 spiro atoms. The summed E-state index contributed by atoms with van der Waals surface area (Å²) in [6.45, 7) is 0.745. The molecule has 0 radical (unpaired) electrons. The van der Waals surface area contributed by atoms with Crippen LogP contribution in [-0.2, 0) is 10.5 Å². The quantitative estimate of drug-likeness (QED) is 0.731. The Kier molecular flexibility index (Phi) is 7.23. The van der Waals surface area contributed by atoms with Gasteiger partial charge >= 0.3 is 0 Å². The van der Waals surface area contributed by atoms with E-state index in [-0.39, 0.29) is 11.7 Å². The van der Waals surface area contributed by atoms with E-state index < -0.39 is 0 Å². The summed E-state index contributed by atoms with van der Waals surface area (Å²) in [5.74, 6) is 1.28. The monoisotopic (exact) mass is 353 g/mol. The number of halogens is 2. The number of carbonyl (C=O) groups is 1. The van der Waals surface area contributed by atoms with Crippen molar-refractivity contribution in [3.05, 3.63) is 64.9 Å². The Labute approximate surface area is 144 Å². The van der Waals surface area contributed by atoms with Gasteiger partial charge in [-0.3, -0.25) is 4.79 Å². The summed E-state index contributed by atoms with van der Waals surface area (Å²) in [6, 6.07) is 13.4. The number of rotatable bonds is 8. The Hall–Kier alpha value is -1.72. The molecule has 122 valence electrons. The lowest BCUT2D eigenvalue weighted by Gasteiger charge is -2.08. The molecule has 3 nitrogen and oxygen atoms in total. The van der Waals surface area contributed by atoms with Gasteiger partial charge in [-0.1, -0.05) is 29.8 Å². The first kappa shape index (κ1) is 17.6. The van der Waals surface area contributed by atoms with Crippen molar-refractivity contribution in [2.24, 2.45) is 0 Å². The number of hydrogen-bond donors (Lipinski definition) is 1. The van der Waals surface area contributed by atoms with Crippen molar-refractivity contribution >= 4 is 29.3 Å². The molecule has 0 atom stereocenters. The molecule has 0 aromatic heterocycles. The van der Waals surface area contributed by atoms with E-state index in [0.29, 0.717) is 35.4 Å². The topological polar surface area (TPSA) is 38.3 Å². The Morgan fingerprint density at radius 3 is 2.65 bits per heavy atom. The maximum atomic E-state index is 12.7. The third kappa shape index (κ3) is 6.50. The highest BCUT2D eigenvalue weighted by atomic mass is 35.5. The van der Waals surface area contributed by atoms with Crippen LogP contribution in [0, 0.1) is 5.82 Å². The zero-order chi connectivity index (χ0) is 16.5. The first-order valence-corrected chi connectivity index (χ1v) is 8.64. The second-order valence-corrected chi connectivity index (χ2v) is 6.13. The highest BCUT2D eigenvalue weighted by Crippen LogP contribution is 2.20. The molecule has 2 rings (SSSR count). The Morgan fingerprint density at radius 1 is 1.17 bits per heavy atom. The zero-order valence-electron chi connectivity index (χ0n) is 12.4. The summed E-state index contributed by atoms with van der Waals surface area (Å²) >= 11 is 7.56. The van der Waals surface area contributed by atoms with Crippen LogP contribution in [0.2, 0.25) is 5.02 Å². The molecule has 0 aliphatic heterocycles. The van der Waals surface area contributed by atoms with E-state index in [1.807, 2.05) is 24.3 Å². The van der Waals surface area contributed by atoms with E-state index in [1.165, 1.54) is 23.9 Å². The van der Waals surface area contributed by atoms with Crippen LogP contribution in [0.1, 0.15) is 5.56 Å². The van der Waals surface area contributed by atoms with Crippen molar-refractivity contribution in [3.63, 3.8) is 0 Å². The molecule has 0 fully saturated rings. The molecule has 0 unspecified atom stereocenters. The van der Waals surface area contributed by atoms with E-state index in [4.69, 9.17) is 16.3 Å². The molecule has 0 bridgehead atoms. The smallest absolute Gasteiger partial charge is 0.230 e. The van der Waals surface area contributed by atoms with Crippen LogP contribution < -0.4 is 10.1 Å². The molecule has 1 amide bonds. The first-order chi connectivity index (χ1) is 11.1. The third-order valence-corrected chi connectivity index (χ3v) is 4.31. The molecule has 1 N–H and O–H groups in total. The van der Waals surface area contributed by atoms with E-state index in [0.717, 1.165) is 5.56 Å². The van der Waals surface area contributed by atoms with Crippen molar-refractivity contribution in [2.45, 2.75) is 5.75 Å². The predicted octanol–water partition coefficient (Wildman–Crippen LogP) is 3.91. The summed E-state index contributed by atoms with van der Waals surface area (Å²) in [5, 5.41) is 3.49. The average molecular weight is 354 g/mol. The van der Waals surface area contributed by atoms with E-state index in [9.17, 15) is 9.18 Å². The van der Waals surface area contributed by atoms with E-state index in [1.54, 1.807) is 12.1 Å². The van der Waals surface area contributed by atoms with Crippen LogP contribution in [0.4, 0.5) is 4.39 Å². The van der Waals surface area contributed by atoms with E-state index in [2.05, 4.69) is 5.32 Å². The summed E-state index contributed by atoms with van der Waals surface area (Å²) in [7, 11) is 0. The Balaban J connectivity index is 1.58. The van der Waals surface area contributed by atoms with Crippen LogP contribution in [-0.4, -0.2) is 24.8 Å². The van der Waals surface area contributed by atoms with Crippen molar-refractivity contribution < 1.29 is 13.9 Å². The first-order valence-electron chi connectivity index (χ1n) is 7.11. The van der Waals surface area contributed by atoms with Gasteiger partial charge in [-0.2, -0.15) is 0 Å². The molecule has 0 heterocycles. The van der Waals surface area contributed by atoms with Gasteiger partial charge in [0.15, 0.2) is 0 Å². The predicted molar refractivity (Wildman–Crippen MR) is 92.5 cm³/mol. The van der Waals surface area contributed by atoms with Gasteiger partial charge in [0.2, 0.25) is 5.91 Å². The normalized spacial score (nSPS) is 10.3. The maximum Gasteiger partial charge on any atom is 0.230 e. The lowest BCUT2D eigenvalue weighted by molar-refractivity contribution is -0.118. The molecule has 6 heteroatoms. The fraction of sp³-hybridized carbons (Fsp3) is 0.235. The SMILES string of the molecule is O=C(CSCc1ccccc1Cl)NCCOc1ccc(F)cc1. The fourth-order valence-corrected chi connectivity index (χ4v) is 2.95. The fourth-order valence-electron chi connectivity index (χ4n) is 1.81. The number of nitrogens with one attached hydrogen (secondary N) is 1. The van der Waals surface area contributed by atoms with E-state index >= 15 is 0 Å². The minimum atomic E-state index is -0.304. The van der Waals surface area contributed by atoms with Gasteiger partial charge in [-0.25, -0.2) is 4.39 Å². The number of thioether (sulfide) groups is 1. The van der Waals surface area contributed by atoms with Gasteiger partial charge in [-0.05, 0) is 35.9 Å². The minimum Gasteiger partial charge on any atom is -0.492 e. The standard InChI is InChI=1S/C17H17ClFNO2S/c18-16-4-2-1-3-13(16)11-23-12-17(21)20-9-10-22-15-7-5-14(19)6-8-15/h1-8H,9-12H2,(H,20,21). The molecular formula is C17H17ClFNO2S. The van der Waals surface area contributed by atoms with Gasteiger partial charge in [0.1, 0.15) is 18.2 Å². The number of benzene rings is 2. The van der Waals surface area contributed by atoms with Gasteiger partial charge in [0, 0.05) is 10.8 Å². The Morgan fingerprint density at radius 2 is 1.91 bits per heavy atom. The lowest BCUT2D eigenvalue weighted by Crippen LogP contribution is -2.29. The number of hydrogen-bond acceptors (Lipinski definition) is 3. The number of ether oxygens (including phenoxy) is 1. The molecule has 2 aromatic rings. The van der Waals surface area contributed by atoms with Crippen LogP contribution in [0.15, 0.2) is 48.5 Å². The molecular weight excluding hydrogens is 337 g/mol. The number of carbonyl (C=O) groups excluding carboxylic acids is 1. The summed E-state index contributed by atoms with van der Waals surface area (Å²) in [4.78, 5) is 11.7. The maximum absolute atomic E-state index is 12.7. The van der Waals surface area contributed by atoms with Crippen molar-refractivity contribution in [1.29, 1.82) is 0 Å². The third-order valence-electron chi connectivity index (χ3n) is 2.96. The largest absolute Gasteiger partial charge is 0.492 e. The van der Waals surface area contributed by atoms with Gasteiger partial charge in [-0.15, -0.1) is 11.8 Å². The molecule has 0 aliphatic carbocycles. The van der Waals surface area contributed by atoms with Gasteiger partial charge < -0.3 is 10.1 Å². The van der Waals surface area contributed by atoms with Crippen LogP contribution in [0.3, 0.4) is 0 Å². The van der Waals surface area contributed by atoms with Gasteiger partial charge in [0.05, 0.1) is 12.3 Å². The second-order valence-electron chi connectivity index (χ2n) is 4.74. The molecule has 2 aromatic carbocycles. The van der Waals surface area contributed by atoms with Crippen LogP contribution in [0.5, 0.6) is 5.75 Å². The summed E-state index contributed by atoms with van der Waals surface area (Å²) in [6.07, 6.45) is 0. The van der Waals surface area contributed by atoms with Crippen molar-refractivity contribution in [3.8, 4) is 5.75 Å². The van der Waals surface area contributed by atoms with Crippen LogP contribution in [0.25, 0.3) is 0 Å². The molecule has 0 saturated heterocycles. The van der Waals surface area contributed by atoms with Crippen molar-refractivity contribution in [2.75, 3.05) is 18.9 Å². The highest BCUT2D eigenvalue weighted by Gasteiger charge is 2.04. The molecule has 0 aliphatic rings. The highest BCUT2D eigenvalue weighted by molar-refractivity contribution is 7.99. The summed E-state index contributed by atoms with van der Waals surface area (Å²) in [5.41, 5.74) is 1.02. The van der Waals surface area contributed by atoms with Crippen molar-refractivity contribution in [1.82, 2.24) is 5.32 Å². The Bertz CT molecular complexity index is 637. The summed E-state index contributed by atoms with van der Waals surface area (Å²) < 4.78 is 18.1. The number of amides is 1. The second kappa shape index (κ2) is 9.43. The zero-order valence-corrected chi connectivity index (χ0v) is 14.0. The molecule has 23 heavy (non-hydrogen) atoms. The molecule has 0 saturated carbocycles. The van der Waals surface area contributed by atoms with Gasteiger partial charge in [0.25, 0.3) is 0 Å². The average Bonchev–Trinajstić information content (AvgIpc) is 2.55. The lowest BCUT2D eigenvalue weighted by atomic mass is 10.2. The minimum absolute atomic E-state index is 0.0511.